The first-order valence-electron chi connectivity index (χ1n) is 6.84. The van der Waals surface area contributed by atoms with Crippen molar-refractivity contribution in [3.8, 4) is 0 Å². The highest BCUT2D eigenvalue weighted by molar-refractivity contribution is 7.11. The molecule has 0 aromatic carbocycles. The van der Waals surface area contributed by atoms with Crippen molar-refractivity contribution >= 4 is 17.2 Å². The summed E-state index contributed by atoms with van der Waals surface area (Å²) in [5.74, 6) is 0.954. The van der Waals surface area contributed by atoms with Crippen LogP contribution in [0.4, 0.5) is 0 Å². The quantitative estimate of drug-likeness (QED) is 0.931. The average Bonchev–Trinajstić information content (AvgIpc) is 3.14. The maximum atomic E-state index is 12.3. The van der Waals surface area contributed by atoms with E-state index in [9.17, 15) is 4.79 Å². The molecular formula is C14H17N3O3S. The Hall–Kier alpha value is -1.73. The van der Waals surface area contributed by atoms with Crippen LogP contribution in [0.1, 0.15) is 26.8 Å². The SMILES string of the molecule is Cc1cc(C[C@H]2COC[C@H]2NC(=O)c2scnc2C)on1. The zero-order valence-electron chi connectivity index (χ0n) is 12.0. The van der Waals surface area contributed by atoms with Crippen LogP contribution in [0.3, 0.4) is 0 Å². The van der Waals surface area contributed by atoms with Crippen molar-refractivity contribution in [1.29, 1.82) is 0 Å². The highest BCUT2D eigenvalue weighted by Gasteiger charge is 2.31. The van der Waals surface area contributed by atoms with E-state index in [2.05, 4.69) is 15.5 Å². The Morgan fingerprint density at radius 1 is 1.48 bits per heavy atom. The monoisotopic (exact) mass is 307 g/mol. The second-order valence-corrected chi connectivity index (χ2v) is 6.14. The molecule has 1 aliphatic heterocycles. The largest absolute Gasteiger partial charge is 0.379 e. The Bertz CT molecular complexity index is 637. The van der Waals surface area contributed by atoms with Gasteiger partial charge in [0, 0.05) is 18.4 Å². The van der Waals surface area contributed by atoms with Crippen LogP contribution in [0.5, 0.6) is 0 Å². The number of nitrogens with one attached hydrogen (secondary N) is 1. The van der Waals surface area contributed by atoms with Crippen molar-refractivity contribution in [2.45, 2.75) is 26.3 Å². The molecule has 0 unspecified atom stereocenters. The van der Waals surface area contributed by atoms with Gasteiger partial charge in [-0.25, -0.2) is 4.98 Å². The Morgan fingerprint density at radius 3 is 3.00 bits per heavy atom. The van der Waals surface area contributed by atoms with Crippen molar-refractivity contribution in [2.75, 3.05) is 13.2 Å². The fraction of sp³-hybridized carbons (Fsp3) is 0.500. The number of amides is 1. The van der Waals surface area contributed by atoms with E-state index in [0.717, 1.165) is 17.1 Å². The summed E-state index contributed by atoms with van der Waals surface area (Å²) in [6.07, 6.45) is 0.716. The molecular weight excluding hydrogens is 290 g/mol. The molecule has 7 heteroatoms. The summed E-state index contributed by atoms with van der Waals surface area (Å²) in [7, 11) is 0. The molecule has 1 aliphatic rings. The second kappa shape index (κ2) is 5.95. The Kier molecular flexibility index (Phi) is 4.03. The highest BCUT2D eigenvalue weighted by Crippen LogP contribution is 2.21. The van der Waals surface area contributed by atoms with Crippen molar-refractivity contribution in [2.24, 2.45) is 5.92 Å². The first kappa shape index (κ1) is 14.2. The number of thiazole rings is 1. The lowest BCUT2D eigenvalue weighted by atomic mass is 9.98. The van der Waals surface area contributed by atoms with Crippen molar-refractivity contribution < 1.29 is 14.1 Å². The van der Waals surface area contributed by atoms with E-state index in [0.29, 0.717) is 24.5 Å². The van der Waals surface area contributed by atoms with Gasteiger partial charge in [-0.3, -0.25) is 4.79 Å². The minimum absolute atomic E-state index is 0.00981. The zero-order chi connectivity index (χ0) is 14.8. The average molecular weight is 307 g/mol. The van der Waals surface area contributed by atoms with Gasteiger partial charge in [0.2, 0.25) is 0 Å². The number of carbonyl (C=O) groups excluding carboxylic acids is 1. The summed E-state index contributed by atoms with van der Waals surface area (Å²) < 4.78 is 10.8. The molecule has 112 valence electrons. The number of rotatable bonds is 4. The predicted molar refractivity (Wildman–Crippen MR) is 77.4 cm³/mol. The van der Waals surface area contributed by atoms with Crippen LogP contribution in [-0.4, -0.2) is 35.3 Å². The van der Waals surface area contributed by atoms with E-state index >= 15 is 0 Å². The summed E-state index contributed by atoms with van der Waals surface area (Å²) in [6, 6.07) is 1.91. The van der Waals surface area contributed by atoms with Crippen LogP contribution in [0.25, 0.3) is 0 Å². The lowest BCUT2D eigenvalue weighted by Crippen LogP contribution is -2.40. The number of nitrogens with zero attached hydrogens (tertiary/aromatic N) is 2. The standard InChI is InChI=1S/C14H17N3O3S/c1-8-3-11(20-17-8)4-10-5-19-6-12(10)16-14(18)13-9(2)15-7-21-13/h3,7,10,12H,4-6H2,1-2H3,(H,16,18)/t10-,12+/m0/s1. The molecule has 0 spiro atoms. The lowest BCUT2D eigenvalue weighted by molar-refractivity contribution is 0.0928. The molecule has 1 amide bonds. The van der Waals surface area contributed by atoms with E-state index in [-0.39, 0.29) is 17.9 Å². The highest BCUT2D eigenvalue weighted by atomic mass is 32.1. The number of ether oxygens (including phenoxy) is 1. The van der Waals surface area contributed by atoms with E-state index in [1.165, 1.54) is 11.3 Å². The maximum absolute atomic E-state index is 12.3. The maximum Gasteiger partial charge on any atom is 0.263 e. The van der Waals surface area contributed by atoms with E-state index in [1.807, 2.05) is 19.9 Å². The fourth-order valence-corrected chi connectivity index (χ4v) is 3.19. The third-order valence-corrected chi connectivity index (χ3v) is 4.53. The predicted octanol–water partition coefficient (Wildman–Crippen LogP) is 1.74. The topological polar surface area (TPSA) is 77.2 Å². The van der Waals surface area contributed by atoms with E-state index < -0.39 is 0 Å². The minimum Gasteiger partial charge on any atom is -0.379 e. The molecule has 6 nitrogen and oxygen atoms in total. The van der Waals surface area contributed by atoms with Crippen LogP contribution in [0, 0.1) is 19.8 Å². The molecule has 1 fully saturated rings. The van der Waals surface area contributed by atoms with Crippen molar-refractivity contribution in [3.63, 3.8) is 0 Å². The van der Waals surface area contributed by atoms with Gasteiger partial charge in [-0.15, -0.1) is 11.3 Å². The third-order valence-electron chi connectivity index (χ3n) is 3.61. The summed E-state index contributed by atoms with van der Waals surface area (Å²) in [6.45, 7) is 4.88. The van der Waals surface area contributed by atoms with Crippen molar-refractivity contribution in [3.05, 3.63) is 33.6 Å². The summed E-state index contributed by atoms with van der Waals surface area (Å²) >= 11 is 1.36. The summed E-state index contributed by atoms with van der Waals surface area (Å²) in [5, 5.41) is 6.93. The van der Waals surface area contributed by atoms with Crippen LogP contribution >= 0.6 is 11.3 Å². The fourth-order valence-electron chi connectivity index (χ4n) is 2.48. The Morgan fingerprint density at radius 2 is 2.33 bits per heavy atom. The van der Waals surface area contributed by atoms with Gasteiger partial charge < -0.3 is 14.6 Å². The number of hydrogen-bond donors (Lipinski definition) is 1. The molecule has 0 bridgehead atoms. The van der Waals surface area contributed by atoms with Crippen molar-refractivity contribution in [1.82, 2.24) is 15.5 Å². The lowest BCUT2D eigenvalue weighted by Gasteiger charge is -2.17. The van der Waals surface area contributed by atoms with E-state index in [4.69, 9.17) is 9.26 Å². The molecule has 0 radical (unpaired) electrons. The molecule has 2 aromatic rings. The van der Waals surface area contributed by atoms with Gasteiger partial charge in [-0.05, 0) is 13.8 Å². The van der Waals surface area contributed by atoms with Gasteiger partial charge >= 0.3 is 0 Å². The molecule has 3 heterocycles. The molecule has 2 atom stereocenters. The first-order chi connectivity index (χ1) is 10.1. The van der Waals surface area contributed by atoms with Gasteiger partial charge in [0.25, 0.3) is 5.91 Å². The minimum atomic E-state index is -0.0794. The number of aryl methyl sites for hydroxylation is 2. The van der Waals surface area contributed by atoms with Gasteiger partial charge in [0.1, 0.15) is 10.6 Å². The normalized spacial score (nSPS) is 21.6. The van der Waals surface area contributed by atoms with Crippen LogP contribution < -0.4 is 5.32 Å². The zero-order valence-corrected chi connectivity index (χ0v) is 12.8. The molecule has 2 aromatic heterocycles. The molecule has 1 N–H and O–H groups in total. The number of aromatic nitrogens is 2. The van der Waals surface area contributed by atoms with Gasteiger partial charge in [-0.1, -0.05) is 5.16 Å². The molecule has 0 aliphatic carbocycles. The first-order valence-corrected chi connectivity index (χ1v) is 7.72. The molecule has 21 heavy (non-hydrogen) atoms. The Balaban J connectivity index is 1.64. The summed E-state index contributed by atoms with van der Waals surface area (Å²) in [5.41, 5.74) is 3.31. The second-order valence-electron chi connectivity index (χ2n) is 5.28. The smallest absolute Gasteiger partial charge is 0.263 e. The number of carbonyl (C=O) groups is 1. The molecule has 0 saturated carbocycles. The molecule has 3 rings (SSSR count). The third kappa shape index (κ3) is 3.14. The number of hydrogen-bond acceptors (Lipinski definition) is 6. The Labute approximate surface area is 126 Å². The molecule has 1 saturated heterocycles. The van der Waals surface area contributed by atoms with Gasteiger partial charge in [0.15, 0.2) is 0 Å². The van der Waals surface area contributed by atoms with Crippen LogP contribution in [-0.2, 0) is 11.2 Å². The van der Waals surface area contributed by atoms with Crippen LogP contribution in [0.2, 0.25) is 0 Å². The van der Waals surface area contributed by atoms with Gasteiger partial charge in [0.05, 0.1) is 36.2 Å². The van der Waals surface area contributed by atoms with Crippen LogP contribution in [0.15, 0.2) is 16.1 Å². The summed E-state index contributed by atoms with van der Waals surface area (Å²) in [4.78, 5) is 17.0. The van der Waals surface area contributed by atoms with E-state index in [1.54, 1.807) is 5.51 Å². The van der Waals surface area contributed by atoms with Gasteiger partial charge in [-0.2, -0.15) is 0 Å².